The molecule has 0 aromatic heterocycles. The van der Waals surface area contributed by atoms with Crippen molar-refractivity contribution in [2.24, 2.45) is 0 Å². The van der Waals surface area contributed by atoms with Gasteiger partial charge in [0.05, 0.1) is 0 Å². The predicted molar refractivity (Wildman–Crippen MR) is 92.3 cm³/mol. The third-order valence-electron chi connectivity index (χ3n) is 4.31. The Kier molecular flexibility index (Phi) is 5.02. The van der Waals surface area contributed by atoms with E-state index in [9.17, 15) is 4.79 Å². The van der Waals surface area contributed by atoms with Gasteiger partial charge in [-0.1, -0.05) is 19.9 Å². The van der Waals surface area contributed by atoms with E-state index < -0.39 is 0 Å². The molecule has 6 heteroatoms. The number of ether oxygens (including phenoxy) is 2. The van der Waals surface area contributed by atoms with E-state index in [2.05, 4.69) is 24.5 Å². The van der Waals surface area contributed by atoms with Crippen molar-refractivity contribution in [2.45, 2.75) is 31.7 Å². The van der Waals surface area contributed by atoms with Crippen molar-refractivity contribution in [3.63, 3.8) is 0 Å². The molecule has 1 amide bonds. The summed E-state index contributed by atoms with van der Waals surface area (Å²) in [5, 5.41) is 6.47. The molecule has 5 nitrogen and oxygen atoms in total. The van der Waals surface area contributed by atoms with Gasteiger partial charge in [0.2, 0.25) is 12.7 Å². The molecular weight excluding hydrogens is 312 g/mol. The molecule has 1 unspecified atom stereocenters. The number of fused-ring (bicyclic) bond motifs is 1. The van der Waals surface area contributed by atoms with E-state index in [1.807, 2.05) is 30.0 Å². The number of carbonyl (C=O) groups is 1. The summed E-state index contributed by atoms with van der Waals surface area (Å²) in [4.78, 5) is 12.2. The largest absolute Gasteiger partial charge is 0.454 e. The van der Waals surface area contributed by atoms with E-state index in [1.54, 1.807) is 0 Å². The number of hydrogen-bond acceptors (Lipinski definition) is 5. The first-order valence-electron chi connectivity index (χ1n) is 8.02. The molecule has 0 saturated carbocycles. The molecule has 2 N–H and O–H groups in total. The van der Waals surface area contributed by atoms with Gasteiger partial charge in [-0.05, 0) is 17.7 Å². The van der Waals surface area contributed by atoms with Crippen molar-refractivity contribution in [3.05, 3.63) is 23.8 Å². The van der Waals surface area contributed by atoms with Crippen LogP contribution in [-0.2, 0) is 10.2 Å². The van der Waals surface area contributed by atoms with Crippen LogP contribution in [0, 0.1) is 0 Å². The highest BCUT2D eigenvalue weighted by atomic mass is 32.2. The molecule has 1 aromatic carbocycles. The highest BCUT2D eigenvalue weighted by Crippen LogP contribution is 2.36. The maximum Gasteiger partial charge on any atom is 0.231 e. The summed E-state index contributed by atoms with van der Waals surface area (Å²) in [5.41, 5.74) is 0.971. The lowest BCUT2D eigenvalue weighted by Crippen LogP contribution is -2.43. The monoisotopic (exact) mass is 336 g/mol. The van der Waals surface area contributed by atoms with Crippen molar-refractivity contribution >= 4 is 17.7 Å². The molecule has 0 bridgehead atoms. The van der Waals surface area contributed by atoms with Gasteiger partial charge in [-0.3, -0.25) is 4.79 Å². The van der Waals surface area contributed by atoms with Crippen LogP contribution < -0.4 is 20.1 Å². The summed E-state index contributed by atoms with van der Waals surface area (Å²) >= 11 is 1.91. The second kappa shape index (κ2) is 7.01. The average Bonchev–Trinajstić information content (AvgIpc) is 3.02. The highest BCUT2D eigenvalue weighted by Gasteiger charge is 2.25. The summed E-state index contributed by atoms with van der Waals surface area (Å²) in [6, 6.07) is 6.28. The zero-order chi connectivity index (χ0) is 16.3. The zero-order valence-corrected chi connectivity index (χ0v) is 14.5. The summed E-state index contributed by atoms with van der Waals surface area (Å²) in [7, 11) is 0. The van der Waals surface area contributed by atoms with E-state index >= 15 is 0 Å². The third-order valence-corrected chi connectivity index (χ3v) is 5.44. The van der Waals surface area contributed by atoms with Gasteiger partial charge in [-0.15, -0.1) is 0 Å². The molecule has 1 saturated heterocycles. The Balaban J connectivity index is 1.54. The topological polar surface area (TPSA) is 59.6 Å². The quantitative estimate of drug-likeness (QED) is 0.860. The van der Waals surface area contributed by atoms with Crippen molar-refractivity contribution in [1.29, 1.82) is 0 Å². The van der Waals surface area contributed by atoms with Gasteiger partial charge in [0, 0.05) is 42.5 Å². The van der Waals surface area contributed by atoms with Gasteiger partial charge in [0.1, 0.15) is 0 Å². The molecule has 23 heavy (non-hydrogen) atoms. The Morgan fingerprint density at radius 2 is 2.22 bits per heavy atom. The lowest BCUT2D eigenvalue weighted by atomic mass is 9.84. The van der Waals surface area contributed by atoms with Crippen LogP contribution >= 0.6 is 11.8 Å². The van der Waals surface area contributed by atoms with Gasteiger partial charge in [-0.25, -0.2) is 0 Å². The zero-order valence-electron chi connectivity index (χ0n) is 13.7. The smallest absolute Gasteiger partial charge is 0.231 e. The fourth-order valence-electron chi connectivity index (χ4n) is 2.79. The van der Waals surface area contributed by atoms with Crippen LogP contribution in [0.25, 0.3) is 0 Å². The van der Waals surface area contributed by atoms with Crippen molar-refractivity contribution < 1.29 is 14.3 Å². The van der Waals surface area contributed by atoms with Gasteiger partial charge >= 0.3 is 0 Å². The molecule has 126 valence electrons. The predicted octanol–water partition coefficient (Wildman–Crippen LogP) is 1.90. The van der Waals surface area contributed by atoms with Gasteiger partial charge < -0.3 is 20.1 Å². The first-order chi connectivity index (χ1) is 11.0. The molecule has 0 aliphatic carbocycles. The highest BCUT2D eigenvalue weighted by molar-refractivity contribution is 7.99. The van der Waals surface area contributed by atoms with Crippen LogP contribution in [0.3, 0.4) is 0 Å². The van der Waals surface area contributed by atoms with Crippen molar-refractivity contribution in [2.75, 3.05) is 31.4 Å². The van der Waals surface area contributed by atoms with Crippen LogP contribution in [0.5, 0.6) is 11.5 Å². The van der Waals surface area contributed by atoms with E-state index in [0.29, 0.717) is 19.0 Å². The van der Waals surface area contributed by atoms with E-state index in [4.69, 9.17) is 9.47 Å². The molecule has 0 spiro atoms. The summed E-state index contributed by atoms with van der Waals surface area (Å²) in [5.74, 6) is 3.83. The molecule has 2 aliphatic rings. The van der Waals surface area contributed by atoms with Gasteiger partial charge in [-0.2, -0.15) is 11.8 Å². The summed E-state index contributed by atoms with van der Waals surface area (Å²) in [6.45, 7) is 6.12. The molecule has 2 heterocycles. The first-order valence-corrected chi connectivity index (χ1v) is 9.18. The lowest BCUT2D eigenvalue weighted by molar-refractivity contribution is -0.121. The Morgan fingerprint density at radius 3 is 3.00 bits per heavy atom. The van der Waals surface area contributed by atoms with E-state index in [1.165, 1.54) is 0 Å². The maximum atomic E-state index is 12.2. The second-order valence-corrected chi connectivity index (χ2v) is 7.81. The number of rotatable bonds is 5. The minimum atomic E-state index is -0.161. The molecule has 1 aromatic rings. The van der Waals surface area contributed by atoms with E-state index in [0.717, 1.165) is 35.1 Å². The maximum absolute atomic E-state index is 12.2. The first kappa shape index (κ1) is 16.5. The average molecular weight is 336 g/mol. The number of amides is 1. The number of thioether (sulfide) groups is 1. The number of nitrogens with one attached hydrogen (secondary N) is 2. The summed E-state index contributed by atoms with van der Waals surface area (Å²) < 4.78 is 10.8. The fraction of sp³-hybridized carbons (Fsp3) is 0.588. The second-order valence-electron chi connectivity index (χ2n) is 6.66. The van der Waals surface area contributed by atoms with Gasteiger partial charge in [0.15, 0.2) is 11.5 Å². The van der Waals surface area contributed by atoms with Crippen molar-refractivity contribution in [1.82, 2.24) is 10.6 Å². The number of hydrogen-bond donors (Lipinski definition) is 2. The van der Waals surface area contributed by atoms with Crippen LogP contribution in [-0.4, -0.2) is 43.3 Å². The Morgan fingerprint density at radius 1 is 1.39 bits per heavy atom. The third kappa shape index (κ3) is 4.12. The van der Waals surface area contributed by atoms with Crippen LogP contribution in [0.1, 0.15) is 25.8 Å². The summed E-state index contributed by atoms with van der Waals surface area (Å²) in [6.07, 6.45) is 0.546. The van der Waals surface area contributed by atoms with Crippen LogP contribution in [0.4, 0.5) is 0 Å². The Labute approximate surface area is 141 Å². The van der Waals surface area contributed by atoms with Crippen LogP contribution in [0.15, 0.2) is 18.2 Å². The molecule has 1 fully saturated rings. The molecule has 0 radical (unpaired) electrons. The molecule has 3 rings (SSSR count). The number of benzene rings is 1. The van der Waals surface area contributed by atoms with Crippen LogP contribution in [0.2, 0.25) is 0 Å². The van der Waals surface area contributed by atoms with E-state index in [-0.39, 0.29) is 18.1 Å². The minimum Gasteiger partial charge on any atom is -0.454 e. The lowest BCUT2D eigenvalue weighted by Gasteiger charge is -2.27. The standard InChI is InChI=1S/C17H24N2O3S/c1-17(2,12-3-4-14-15(7-12)22-11-21-14)10-19-16(20)8-13-9-23-6-5-18-13/h3-4,7,13,18H,5-6,8-11H2,1-2H3,(H,19,20). The fourth-order valence-corrected chi connectivity index (χ4v) is 3.73. The number of carbonyl (C=O) groups excluding carboxylic acids is 1. The Bertz CT molecular complexity index is 571. The molecule has 2 aliphatic heterocycles. The molecule has 1 atom stereocenters. The van der Waals surface area contributed by atoms with Gasteiger partial charge in [0.25, 0.3) is 0 Å². The Hall–Kier alpha value is -1.40. The SMILES string of the molecule is CC(C)(CNC(=O)CC1CSCCN1)c1ccc2c(c1)OCO2. The molecular formula is C17H24N2O3S. The normalized spacial score (nSPS) is 20.3. The van der Waals surface area contributed by atoms with Crippen molar-refractivity contribution in [3.8, 4) is 11.5 Å². The minimum absolute atomic E-state index is 0.110.